The number of nitrogens with one attached hydrogen (secondary N) is 3. The molecule has 0 bridgehead atoms. The average Bonchev–Trinajstić information content (AvgIpc) is 3.23. The molecule has 0 spiro atoms. The third kappa shape index (κ3) is 4.54. The Morgan fingerprint density at radius 3 is 2.76 bits per heavy atom. The van der Waals surface area contributed by atoms with E-state index >= 15 is 0 Å². The maximum absolute atomic E-state index is 13.9. The van der Waals surface area contributed by atoms with Crippen molar-refractivity contribution < 1.29 is 17.9 Å². The van der Waals surface area contributed by atoms with Crippen molar-refractivity contribution in [3.05, 3.63) is 30.1 Å². The molecule has 0 aromatic carbocycles. The lowest BCUT2D eigenvalue weighted by molar-refractivity contribution is -0.137. The van der Waals surface area contributed by atoms with Crippen molar-refractivity contribution in [2.24, 2.45) is 0 Å². The van der Waals surface area contributed by atoms with Crippen LogP contribution in [0.1, 0.15) is 32.3 Å². The van der Waals surface area contributed by atoms with E-state index in [1.807, 2.05) is 6.07 Å². The highest BCUT2D eigenvalue weighted by atomic mass is 19.4. The van der Waals surface area contributed by atoms with Crippen molar-refractivity contribution in [1.82, 2.24) is 25.3 Å². The van der Waals surface area contributed by atoms with Crippen LogP contribution in [0, 0.1) is 0 Å². The first-order chi connectivity index (χ1) is 16.3. The minimum Gasteiger partial charge on any atom is -0.377 e. The molecule has 0 saturated carbocycles. The van der Waals surface area contributed by atoms with Crippen LogP contribution < -0.4 is 15.5 Å². The van der Waals surface area contributed by atoms with Gasteiger partial charge in [0.15, 0.2) is 0 Å². The zero-order valence-electron chi connectivity index (χ0n) is 19.1. The molecule has 3 atom stereocenters. The van der Waals surface area contributed by atoms with Gasteiger partial charge in [0.25, 0.3) is 0 Å². The molecule has 0 unspecified atom stereocenters. The summed E-state index contributed by atoms with van der Waals surface area (Å²) in [7, 11) is 0. The third-order valence-corrected chi connectivity index (χ3v) is 6.53. The largest absolute Gasteiger partial charge is 0.419 e. The predicted molar refractivity (Wildman–Crippen MR) is 124 cm³/mol. The number of hydrogen-bond donors (Lipinski definition) is 3. The predicted octanol–water partition coefficient (Wildman–Crippen LogP) is 3.82. The van der Waals surface area contributed by atoms with Crippen molar-refractivity contribution in [2.45, 2.75) is 51.0 Å². The molecule has 0 aliphatic carbocycles. The first-order valence-electron chi connectivity index (χ1n) is 11.6. The molecule has 3 aromatic rings. The van der Waals surface area contributed by atoms with E-state index in [0.717, 1.165) is 24.9 Å². The van der Waals surface area contributed by atoms with Gasteiger partial charge in [0.05, 0.1) is 24.9 Å². The van der Waals surface area contributed by atoms with E-state index in [1.54, 1.807) is 6.07 Å². The minimum absolute atomic E-state index is 0.0588. The number of aromatic nitrogens is 4. The van der Waals surface area contributed by atoms with Crippen LogP contribution in [-0.2, 0) is 10.9 Å². The summed E-state index contributed by atoms with van der Waals surface area (Å²) < 4.78 is 47.1. The Bertz CT molecular complexity index is 1160. The smallest absolute Gasteiger partial charge is 0.377 e. The fourth-order valence-corrected chi connectivity index (χ4v) is 4.59. The van der Waals surface area contributed by atoms with Crippen LogP contribution in [0.4, 0.5) is 24.9 Å². The second-order valence-corrected chi connectivity index (χ2v) is 9.07. The highest BCUT2D eigenvalue weighted by Crippen LogP contribution is 2.39. The molecule has 2 aliphatic heterocycles. The molecule has 8 nitrogen and oxygen atoms in total. The molecule has 3 N–H and O–H groups in total. The molecule has 11 heteroatoms. The van der Waals surface area contributed by atoms with E-state index in [-0.39, 0.29) is 23.7 Å². The zero-order chi connectivity index (χ0) is 23.9. The van der Waals surface area contributed by atoms with E-state index in [0.29, 0.717) is 48.9 Å². The van der Waals surface area contributed by atoms with Crippen LogP contribution >= 0.6 is 0 Å². The van der Waals surface area contributed by atoms with Gasteiger partial charge in [-0.15, -0.1) is 0 Å². The Kier molecular flexibility index (Phi) is 6.07. The van der Waals surface area contributed by atoms with E-state index in [4.69, 9.17) is 4.74 Å². The Hall–Kier alpha value is -2.92. The van der Waals surface area contributed by atoms with E-state index in [9.17, 15) is 13.2 Å². The van der Waals surface area contributed by atoms with Crippen LogP contribution in [-0.4, -0.2) is 64.4 Å². The van der Waals surface area contributed by atoms with Gasteiger partial charge < -0.3 is 25.3 Å². The number of morpholine rings is 1. The third-order valence-electron chi connectivity index (χ3n) is 6.53. The van der Waals surface area contributed by atoms with E-state index in [1.165, 1.54) is 6.20 Å². The Labute approximate surface area is 195 Å². The fraction of sp³-hybridized carbons (Fsp3) is 0.522. The number of piperidine rings is 1. The molecular weight excluding hydrogens is 447 g/mol. The summed E-state index contributed by atoms with van der Waals surface area (Å²) in [4.78, 5) is 18.2. The van der Waals surface area contributed by atoms with Gasteiger partial charge in [-0.05, 0) is 38.8 Å². The number of anilines is 2. The number of fused-ring (bicyclic) bond motifs is 1. The first-order valence-corrected chi connectivity index (χ1v) is 11.6. The Morgan fingerprint density at radius 1 is 1.18 bits per heavy atom. The second kappa shape index (κ2) is 9.03. The van der Waals surface area contributed by atoms with Gasteiger partial charge >= 0.3 is 6.18 Å². The molecule has 2 saturated heterocycles. The highest BCUT2D eigenvalue weighted by molar-refractivity contribution is 5.94. The number of halogens is 3. The fourth-order valence-electron chi connectivity index (χ4n) is 4.59. The molecule has 0 radical (unpaired) electrons. The average molecular weight is 476 g/mol. The minimum atomic E-state index is -4.59. The summed E-state index contributed by atoms with van der Waals surface area (Å²) in [6.07, 6.45) is -0.318. The maximum atomic E-state index is 13.9. The van der Waals surface area contributed by atoms with Crippen LogP contribution in [0.5, 0.6) is 0 Å². The van der Waals surface area contributed by atoms with Gasteiger partial charge in [-0.25, -0.2) is 15.0 Å². The van der Waals surface area contributed by atoms with Crippen LogP contribution in [0.25, 0.3) is 22.3 Å². The van der Waals surface area contributed by atoms with Crippen LogP contribution in [0.2, 0.25) is 0 Å². The second-order valence-electron chi connectivity index (χ2n) is 9.07. The molecule has 34 heavy (non-hydrogen) atoms. The number of alkyl halides is 3. The van der Waals surface area contributed by atoms with Gasteiger partial charge in [0.1, 0.15) is 17.0 Å². The summed E-state index contributed by atoms with van der Waals surface area (Å²) in [5.41, 5.74) is -0.182. The summed E-state index contributed by atoms with van der Waals surface area (Å²) in [6, 6.07) is 4.28. The van der Waals surface area contributed by atoms with Gasteiger partial charge in [-0.2, -0.15) is 13.2 Å². The summed E-state index contributed by atoms with van der Waals surface area (Å²) >= 11 is 0. The number of hydrogen-bond acceptors (Lipinski definition) is 7. The van der Waals surface area contributed by atoms with Crippen molar-refractivity contribution in [3.63, 3.8) is 0 Å². The van der Waals surface area contributed by atoms with Crippen molar-refractivity contribution in [2.75, 3.05) is 36.5 Å². The lowest BCUT2D eigenvalue weighted by atomic mass is 10.0. The van der Waals surface area contributed by atoms with E-state index < -0.39 is 11.7 Å². The van der Waals surface area contributed by atoms with Crippen molar-refractivity contribution in [3.8, 4) is 11.3 Å². The number of rotatable bonds is 4. The molecule has 0 amide bonds. The van der Waals surface area contributed by atoms with Gasteiger partial charge in [0, 0.05) is 48.5 Å². The Morgan fingerprint density at radius 2 is 2.03 bits per heavy atom. The standard InChI is InChI=1S/C23H28F3N7O/c1-13-3-4-15(9-27-13)30-22-29-11-18(23(24,25)26)20(32-22)17-10-28-21-16(17)5-6-19(31-21)33-7-8-34-12-14(33)2/h5-6,10-11,13-15,27H,3-4,7-9,12H2,1-2H3,(H,28,31)(H,29,30,32)/t13-,14-,15-/m0/s1. The number of pyridine rings is 1. The summed E-state index contributed by atoms with van der Waals surface area (Å²) in [5.74, 6) is 0.947. The molecule has 5 rings (SSSR count). The molecule has 2 fully saturated rings. The number of ether oxygens (including phenoxy) is 1. The molecule has 5 heterocycles. The number of nitrogens with zero attached hydrogens (tertiary/aromatic N) is 4. The number of H-pyrrole nitrogens is 1. The topological polar surface area (TPSA) is 91.0 Å². The van der Waals surface area contributed by atoms with Crippen molar-refractivity contribution >= 4 is 22.8 Å². The molecule has 182 valence electrons. The monoisotopic (exact) mass is 475 g/mol. The molecular formula is C23H28F3N7O. The summed E-state index contributed by atoms with van der Waals surface area (Å²) in [6.45, 7) is 6.80. The van der Waals surface area contributed by atoms with Gasteiger partial charge in [-0.3, -0.25) is 0 Å². The molecule has 3 aromatic heterocycles. The zero-order valence-corrected chi connectivity index (χ0v) is 19.1. The number of aromatic amines is 1. The highest BCUT2D eigenvalue weighted by Gasteiger charge is 2.36. The van der Waals surface area contributed by atoms with Crippen LogP contribution in [0.3, 0.4) is 0 Å². The first kappa shape index (κ1) is 22.9. The van der Waals surface area contributed by atoms with Gasteiger partial charge in [0.2, 0.25) is 5.95 Å². The SMILES string of the molecule is C[C@H]1CC[C@H](Nc2ncc(C(F)(F)F)c(-c3c[nH]c4nc(N5CCOC[C@@H]5C)ccc34)n2)CN1. The quantitative estimate of drug-likeness (QED) is 0.529. The Balaban J connectivity index is 1.50. The van der Waals surface area contributed by atoms with Crippen molar-refractivity contribution in [1.29, 1.82) is 0 Å². The van der Waals surface area contributed by atoms with Crippen LogP contribution in [0.15, 0.2) is 24.5 Å². The van der Waals surface area contributed by atoms with E-state index in [2.05, 4.69) is 49.3 Å². The summed E-state index contributed by atoms with van der Waals surface area (Å²) in [5, 5.41) is 7.13. The maximum Gasteiger partial charge on any atom is 0.419 e. The lowest BCUT2D eigenvalue weighted by Gasteiger charge is -2.34. The van der Waals surface area contributed by atoms with Gasteiger partial charge in [-0.1, -0.05) is 0 Å². The molecule has 2 aliphatic rings. The lowest BCUT2D eigenvalue weighted by Crippen LogP contribution is -2.44. The normalized spacial score (nSPS) is 23.9.